The van der Waals surface area contributed by atoms with E-state index in [1.165, 1.54) is 5.56 Å². The van der Waals surface area contributed by atoms with E-state index in [0.29, 0.717) is 13.2 Å². The molecule has 0 N–H and O–H groups in total. The molecule has 3 aliphatic rings. The van der Waals surface area contributed by atoms with Gasteiger partial charge in [0.25, 0.3) is 0 Å². The fourth-order valence-electron chi connectivity index (χ4n) is 4.67. The molecule has 3 aromatic carbocycles. The largest absolute Gasteiger partial charge is 0.489 e. The van der Waals surface area contributed by atoms with Gasteiger partial charge >= 0.3 is 0 Å². The summed E-state index contributed by atoms with van der Waals surface area (Å²) in [5, 5.41) is 0. The van der Waals surface area contributed by atoms with Crippen molar-refractivity contribution in [2.24, 2.45) is 0 Å². The van der Waals surface area contributed by atoms with Gasteiger partial charge in [-0.2, -0.15) is 0 Å². The minimum atomic E-state index is -0.0912. The standard InChI is InChI=1S/C25H23NO3S/c1-2-8-18-14-28-22-12-6-4-10-20(22)25-24(26-16-30-15-23(26)29-25)19-9-3-5-11-21(19)27-13-17(18)7-1/h1-12,23-25H,13-16H2/t23-,24+,25-/m1/s1. The van der Waals surface area contributed by atoms with Crippen molar-refractivity contribution in [3.05, 3.63) is 95.1 Å². The second-order valence-electron chi connectivity index (χ2n) is 7.89. The van der Waals surface area contributed by atoms with Crippen LogP contribution >= 0.6 is 11.8 Å². The summed E-state index contributed by atoms with van der Waals surface area (Å²) >= 11 is 1.93. The van der Waals surface area contributed by atoms with Gasteiger partial charge in [0.2, 0.25) is 0 Å². The first kappa shape index (κ1) is 18.3. The molecule has 3 atom stereocenters. The fraction of sp³-hybridized carbons (Fsp3) is 0.280. The Kier molecular flexibility index (Phi) is 4.67. The van der Waals surface area contributed by atoms with Crippen LogP contribution in [-0.2, 0) is 18.0 Å². The SMILES string of the molecule is c1ccc2c(c1)COc1ccccc1[C@H]1O[C@@H]3CSCN3[C@H]1c1ccccc1OC2. The monoisotopic (exact) mass is 417 g/mol. The maximum absolute atomic E-state index is 6.62. The van der Waals surface area contributed by atoms with E-state index in [2.05, 4.69) is 71.6 Å². The lowest BCUT2D eigenvalue weighted by atomic mass is 9.94. The van der Waals surface area contributed by atoms with Gasteiger partial charge in [0.05, 0.1) is 6.04 Å². The summed E-state index contributed by atoms with van der Waals surface area (Å²) in [6.07, 6.45) is 0.0277. The maximum atomic E-state index is 6.62. The third-order valence-corrected chi connectivity index (χ3v) is 7.17. The molecule has 0 saturated carbocycles. The summed E-state index contributed by atoms with van der Waals surface area (Å²) in [5.74, 6) is 3.79. The first-order chi connectivity index (χ1) is 14.9. The number of thioether (sulfide) groups is 1. The Morgan fingerprint density at radius 3 is 2.07 bits per heavy atom. The van der Waals surface area contributed by atoms with Crippen LogP contribution in [0.15, 0.2) is 72.8 Å². The molecule has 3 heterocycles. The quantitative estimate of drug-likeness (QED) is 0.495. The molecule has 0 aliphatic carbocycles. The molecular formula is C25H23NO3S. The van der Waals surface area contributed by atoms with E-state index >= 15 is 0 Å². The summed E-state index contributed by atoms with van der Waals surface area (Å²) in [4.78, 5) is 2.47. The van der Waals surface area contributed by atoms with Crippen molar-refractivity contribution in [3.63, 3.8) is 0 Å². The number of benzene rings is 3. The van der Waals surface area contributed by atoms with Gasteiger partial charge in [-0.25, -0.2) is 0 Å². The van der Waals surface area contributed by atoms with Crippen molar-refractivity contribution < 1.29 is 14.2 Å². The third kappa shape index (κ3) is 3.09. The van der Waals surface area contributed by atoms with Gasteiger partial charge in [-0.15, -0.1) is 11.8 Å². The third-order valence-electron chi connectivity index (χ3n) is 6.17. The van der Waals surface area contributed by atoms with Crippen molar-refractivity contribution in [1.29, 1.82) is 0 Å². The Balaban J connectivity index is 1.52. The number of fused-ring (bicyclic) bond motifs is 8. The smallest absolute Gasteiger partial charge is 0.125 e. The molecule has 0 spiro atoms. The Labute approximate surface area is 180 Å². The molecule has 0 aromatic heterocycles. The average Bonchev–Trinajstić information content (AvgIpc) is 3.38. The molecule has 0 radical (unpaired) electrons. The molecule has 2 fully saturated rings. The topological polar surface area (TPSA) is 30.9 Å². The Morgan fingerprint density at radius 2 is 1.33 bits per heavy atom. The highest BCUT2D eigenvalue weighted by atomic mass is 32.2. The molecule has 30 heavy (non-hydrogen) atoms. The lowest BCUT2D eigenvalue weighted by Crippen LogP contribution is -2.28. The van der Waals surface area contributed by atoms with E-state index in [-0.39, 0.29) is 18.4 Å². The predicted molar refractivity (Wildman–Crippen MR) is 118 cm³/mol. The second kappa shape index (κ2) is 7.65. The number of hydrogen-bond acceptors (Lipinski definition) is 5. The highest BCUT2D eigenvalue weighted by Gasteiger charge is 2.48. The van der Waals surface area contributed by atoms with Crippen molar-refractivity contribution in [1.82, 2.24) is 4.90 Å². The van der Waals surface area contributed by atoms with E-state index < -0.39 is 0 Å². The summed E-state index contributed by atoms with van der Waals surface area (Å²) in [5.41, 5.74) is 4.58. The molecule has 4 nitrogen and oxygen atoms in total. The summed E-state index contributed by atoms with van der Waals surface area (Å²) in [7, 11) is 0. The van der Waals surface area contributed by atoms with Crippen LogP contribution in [-0.4, -0.2) is 22.8 Å². The van der Waals surface area contributed by atoms with E-state index in [0.717, 1.165) is 39.8 Å². The summed E-state index contributed by atoms with van der Waals surface area (Å²) < 4.78 is 19.3. The molecule has 3 aromatic rings. The average molecular weight is 418 g/mol. The highest BCUT2D eigenvalue weighted by Crippen LogP contribution is 2.52. The molecule has 152 valence electrons. The molecule has 0 amide bonds. The summed E-state index contributed by atoms with van der Waals surface area (Å²) in [6.45, 7) is 1.03. The first-order valence-corrected chi connectivity index (χ1v) is 11.5. The fourth-order valence-corrected chi connectivity index (χ4v) is 5.79. The lowest BCUT2D eigenvalue weighted by Gasteiger charge is -2.28. The van der Waals surface area contributed by atoms with Gasteiger partial charge in [-0.05, 0) is 23.3 Å². The Bertz CT molecular complexity index is 1070. The van der Waals surface area contributed by atoms with Gasteiger partial charge in [-0.1, -0.05) is 60.7 Å². The zero-order valence-electron chi connectivity index (χ0n) is 16.6. The molecule has 0 unspecified atom stereocenters. The van der Waals surface area contributed by atoms with Crippen LogP contribution in [0.25, 0.3) is 0 Å². The van der Waals surface area contributed by atoms with Crippen LogP contribution in [0, 0.1) is 0 Å². The number of ether oxygens (including phenoxy) is 3. The molecule has 0 bridgehead atoms. The van der Waals surface area contributed by atoms with Crippen LogP contribution in [0.2, 0.25) is 0 Å². The van der Waals surface area contributed by atoms with Crippen molar-refractivity contribution in [2.75, 3.05) is 11.6 Å². The van der Waals surface area contributed by atoms with Crippen LogP contribution in [0.4, 0.5) is 0 Å². The van der Waals surface area contributed by atoms with Crippen LogP contribution < -0.4 is 9.47 Å². The molecule has 5 heteroatoms. The zero-order chi connectivity index (χ0) is 19.9. The highest BCUT2D eigenvalue weighted by molar-refractivity contribution is 7.99. The van der Waals surface area contributed by atoms with Crippen molar-refractivity contribution >= 4 is 11.8 Å². The van der Waals surface area contributed by atoms with Gasteiger partial charge < -0.3 is 14.2 Å². The first-order valence-electron chi connectivity index (χ1n) is 10.4. The molecular weight excluding hydrogens is 394 g/mol. The Morgan fingerprint density at radius 1 is 0.733 bits per heavy atom. The summed E-state index contributed by atoms with van der Waals surface area (Å²) in [6, 6.07) is 25.2. The predicted octanol–water partition coefficient (Wildman–Crippen LogP) is 5.30. The van der Waals surface area contributed by atoms with Gasteiger partial charge in [-0.3, -0.25) is 4.90 Å². The molecule has 6 rings (SSSR count). The normalized spacial score (nSPS) is 25.3. The Hall–Kier alpha value is -2.47. The minimum Gasteiger partial charge on any atom is -0.489 e. The van der Waals surface area contributed by atoms with E-state index in [9.17, 15) is 0 Å². The number of nitrogens with zero attached hydrogens (tertiary/aromatic N) is 1. The maximum Gasteiger partial charge on any atom is 0.125 e. The van der Waals surface area contributed by atoms with E-state index in [1.54, 1.807) is 0 Å². The van der Waals surface area contributed by atoms with Gasteiger partial charge in [0, 0.05) is 22.8 Å². The molecule has 2 saturated heterocycles. The number of para-hydroxylation sites is 2. The second-order valence-corrected chi connectivity index (χ2v) is 8.89. The van der Waals surface area contributed by atoms with Crippen LogP contribution in [0.5, 0.6) is 11.5 Å². The van der Waals surface area contributed by atoms with Gasteiger partial charge in [0.1, 0.15) is 37.0 Å². The minimum absolute atomic E-state index is 0.0912. The van der Waals surface area contributed by atoms with Crippen LogP contribution in [0.3, 0.4) is 0 Å². The van der Waals surface area contributed by atoms with E-state index in [1.807, 2.05) is 17.8 Å². The lowest BCUT2D eigenvalue weighted by molar-refractivity contribution is 0.0262. The van der Waals surface area contributed by atoms with E-state index in [4.69, 9.17) is 14.2 Å². The van der Waals surface area contributed by atoms with Gasteiger partial charge in [0.15, 0.2) is 0 Å². The number of rotatable bonds is 0. The molecule has 3 aliphatic heterocycles. The number of hydrogen-bond donors (Lipinski definition) is 0. The zero-order valence-corrected chi connectivity index (χ0v) is 17.4. The van der Waals surface area contributed by atoms with Crippen LogP contribution in [0.1, 0.15) is 34.4 Å². The van der Waals surface area contributed by atoms with Crippen molar-refractivity contribution in [3.8, 4) is 11.5 Å². The van der Waals surface area contributed by atoms with Crippen molar-refractivity contribution in [2.45, 2.75) is 31.6 Å².